The molecule has 2 heterocycles. The van der Waals surface area contributed by atoms with Crippen molar-refractivity contribution in [1.29, 1.82) is 0 Å². The van der Waals surface area contributed by atoms with Crippen LogP contribution in [0.4, 0.5) is 4.39 Å². The molecule has 0 fully saturated rings. The zero-order chi connectivity index (χ0) is 20.8. The van der Waals surface area contributed by atoms with Crippen molar-refractivity contribution in [1.82, 2.24) is 9.97 Å². The number of benzene rings is 2. The molecule has 0 radical (unpaired) electrons. The quantitative estimate of drug-likeness (QED) is 0.335. The highest BCUT2D eigenvalue weighted by molar-refractivity contribution is 6.29. The Bertz CT molecular complexity index is 1210. The van der Waals surface area contributed by atoms with Gasteiger partial charge >= 0.3 is 0 Å². The molecule has 29 heavy (non-hydrogen) atoms. The Balaban J connectivity index is 1.63. The van der Waals surface area contributed by atoms with Crippen LogP contribution in [-0.2, 0) is 11.8 Å². The highest BCUT2D eigenvalue weighted by Gasteiger charge is 2.17. The number of hydrogen-bond donors (Lipinski definition) is 0. The van der Waals surface area contributed by atoms with Gasteiger partial charge in [0, 0.05) is 16.5 Å². The number of fused-ring (bicyclic) bond motifs is 2. The molecule has 2 aromatic heterocycles. The fourth-order valence-corrected chi connectivity index (χ4v) is 3.79. The summed E-state index contributed by atoms with van der Waals surface area (Å²) in [5.74, 6) is -0.00692. The second-order valence-electron chi connectivity index (χ2n) is 8.77. The molecule has 1 atom stereocenters. The van der Waals surface area contributed by atoms with E-state index in [1.54, 1.807) is 12.1 Å². The minimum Gasteiger partial charge on any atom is -0.250 e. The van der Waals surface area contributed by atoms with Gasteiger partial charge in [-0.25, -0.2) is 14.4 Å². The van der Waals surface area contributed by atoms with E-state index in [0.717, 1.165) is 34.0 Å². The maximum Gasteiger partial charge on any atom is 0.149 e. The standard InChI is InChI=1S/C25H24ClFN2/c1-15(16-6-9-22-17(12-16)7-10-23(26)29-22)11-20-8-5-18-13-19(25(2,3)4)14-21(27)24(18)28-20/h5-10,12-15H,11H2,1-4H3. The van der Waals surface area contributed by atoms with Crippen molar-refractivity contribution in [2.75, 3.05) is 0 Å². The summed E-state index contributed by atoms with van der Waals surface area (Å²) >= 11 is 5.97. The summed E-state index contributed by atoms with van der Waals surface area (Å²) in [7, 11) is 0. The molecule has 0 aliphatic heterocycles. The number of nitrogens with zero attached hydrogens (tertiary/aromatic N) is 2. The lowest BCUT2D eigenvalue weighted by atomic mass is 9.86. The van der Waals surface area contributed by atoms with Gasteiger partial charge < -0.3 is 0 Å². The fraction of sp³-hybridized carbons (Fsp3) is 0.280. The van der Waals surface area contributed by atoms with Crippen LogP contribution >= 0.6 is 11.6 Å². The fourth-order valence-electron chi connectivity index (χ4n) is 3.64. The molecule has 0 saturated heterocycles. The maximum absolute atomic E-state index is 14.7. The summed E-state index contributed by atoms with van der Waals surface area (Å²) in [6.07, 6.45) is 0.739. The van der Waals surface area contributed by atoms with Gasteiger partial charge in [-0.05, 0) is 71.3 Å². The van der Waals surface area contributed by atoms with E-state index in [9.17, 15) is 4.39 Å². The van der Waals surface area contributed by atoms with Crippen molar-refractivity contribution >= 4 is 33.4 Å². The Morgan fingerprint density at radius 2 is 1.69 bits per heavy atom. The lowest BCUT2D eigenvalue weighted by Crippen LogP contribution is -2.11. The number of pyridine rings is 2. The van der Waals surface area contributed by atoms with E-state index >= 15 is 0 Å². The molecule has 148 valence electrons. The van der Waals surface area contributed by atoms with Gasteiger partial charge in [0.25, 0.3) is 0 Å². The van der Waals surface area contributed by atoms with E-state index in [4.69, 9.17) is 11.6 Å². The van der Waals surface area contributed by atoms with Crippen LogP contribution in [0.2, 0.25) is 5.15 Å². The summed E-state index contributed by atoms with van der Waals surface area (Å²) < 4.78 is 14.7. The van der Waals surface area contributed by atoms with E-state index in [0.29, 0.717) is 10.7 Å². The molecular formula is C25H24ClFN2. The van der Waals surface area contributed by atoms with E-state index in [1.165, 1.54) is 5.56 Å². The van der Waals surface area contributed by atoms with Gasteiger partial charge in [0.2, 0.25) is 0 Å². The molecule has 4 rings (SSSR count). The van der Waals surface area contributed by atoms with Crippen molar-refractivity contribution in [2.45, 2.75) is 45.4 Å². The van der Waals surface area contributed by atoms with Crippen LogP contribution in [0.25, 0.3) is 21.8 Å². The minimum absolute atomic E-state index is 0.0998. The molecule has 0 spiro atoms. The summed E-state index contributed by atoms with van der Waals surface area (Å²) in [6.45, 7) is 8.42. The van der Waals surface area contributed by atoms with Crippen molar-refractivity contribution in [3.05, 3.63) is 82.4 Å². The van der Waals surface area contributed by atoms with E-state index < -0.39 is 0 Å². The molecule has 0 aliphatic rings. The Hall–Kier alpha value is -2.52. The topological polar surface area (TPSA) is 25.8 Å². The first-order valence-electron chi connectivity index (χ1n) is 9.86. The average molecular weight is 407 g/mol. The second-order valence-corrected chi connectivity index (χ2v) is 9.16. The second kappa shape index (κ2) is 7.38. The number of hydrogen-bond acceptors (Lipinski definition) is 2. The van der Waals surface area contributed by atoms with Crippen molar-refractivity contribution in [3.63, 3.8) is 0 Å². The molecule has 0 amide bonds. The van der Waals surface area contributed by atoms with Crippen LogP contribution in [0, 0.1) is 5.82 Å². The van der Waals surface area contributed by atoms with Gasteiger partial charge in [0.05, 0.1) is 5.52 Å². The molecule has 1 unspecified atom stereocenters. The Morgan fingerprint density at radius 1 is 0.931 bits per heavy atom. The van der Waals surface area contributed by atoms with E-state index in [1.807, 2.05) is 30.3 Å². The monoisotopic (exact) mass is 406 g/mol. The zero-order valence-corrected chi connectivity index (χ0v) is 17.9. The lowest BCUT2D eigenvalue weighted by molar-refractivity contribution is 0.576. The lowest BCUT2D eigenvalue weighted by Gasteiger charge is -2.20. The predicted octanol–water partition coefficient (Wildman–Crippen LogP) is 7.22. The van der Waals surface area contributed by atoms with Gasteiger partial charge in [-0.1, -0.05) is 51.4 Å². The zero-order valence-electron chi connectivity index (χ0n) is 17.1. The molecule has 2 aromatic carbocycles. The summed E-state index contributed by atoms with van der Waals surface area (Å²) in [5, 5.41) is 2.40. The number of halogens is 2. The van der Waals surface area contributed by atoms with Gasteiger partial charge in [0.15, 0.2) is 0 Å². The van der Waals surface area contributed by atoms with Gasteiger partial charge in [0.1, 0.15) is 16.5 Å². The average Bonchev–Trinajstić information content (AvgIpc) is 2.67. The third-order valence-electron chi connectivity index (χ3n) is 5.43. The van der Waals surface area contributed by atoms with Crippen molar-refractivity contribution < 1.29 is 4.39 Å². The van der Waals surface area contributed by atoms with E-state index in [-0.39, 0.29) is 17.2 Å². The minimum atomic E-state index is -0.254. The molecule has 0 saturated carbocycles. The van der Waals surface area contributed by atoms with Crippen molar-refractivity contribution in [2.24, 2.45) is 0 Å². The first kappa shape index (κ1) is 19.8. The first-order valence-corrected chi connectivity index (χ1v) is 10.2. The molecule has 2 nitrogen and oxygen atoms in total. The SMILES string of the molecule is CC(Cc1ccc2cc(C(C)(C)C)cc(F)c2n1)c1ccc2nc(Cl)ccc2c1. The molecule has 0 N–H and O–H groups in total. The smallest absolute Gasteiger partial charge is 0.149 e. The van der Waals surface area contributed by atoms with Crippen LogP contribution in [0.3, 0.4) is 0 Å². The van der Waals surface area contributed by atoms with Crippen LogP contribution in [0.5, 0.6) is 0 Å². The van der Waals surface area contributed by atoms with Crippen LogP contribution in [0.15, 0.2) is 54.6 Å². The Labute approximate surface area is 175 Å². The third kappa shape index (κ3) is 4.11. The van der Waals surface area contributed by atoms with Gasteiger partial charge in [-0.3, -0.25) is 0 Å². The number of aromatic nitrogens is 2. The molecule has 4 heteroatoms. The van der Waals surface area contributed by atoms with Crippen LogP contribution < -0.4 is 0 Å². The summed E-state index contributed by atoms with van der Waals surface area (Å²) in [6, 6.07) is 17.6. The maximum atomic E-state index is 14.7. The third-order valence-corrected chi connectivity index (χ3v) is 5.64. The largest absolute Gasteiger partial charge is 0.250 e. The molecule has 0 bridgehead atoms. The molecule has 4 aromatic rings. The molecule has 0 aliphatic carbocycles. The summed E-state index contributed by atoms with van der Waals surface area (Å²) in [5.41, 5.74) is 4.30. The summed E-state index contributed by atoms with van der Waals surface area (Å²) in [4.78, 5) is 8.97. The van der Waals surface area contributed by atoms with Crippen molar-refractivity contribution in [3.8, 4) is 0 Å². The Morgan fingerprint density at radius 3 is 2.45 bits per heavy atom. The molecular weight excluding hydrogens is 383 g/mol. The highest BCUT2D eigenvalue weighted by Crippen LogP contribution is 2.29. The van der Waals surface area contributed by atoms with Gasteiger partial charge in [-0.2, -0.15) is 0 Å². The number of rotatable bonds is 3. The normalized spacial score (nSPS) is 13.2. The Kier molecular flexibility index (Phi) is 5.04. The first-order chi connectivity index (χ1) is 13.7. The predicted molar refractivity (Wildman–Crippen MR) is 119 cm³/mol. The highest BCUT2D eigenvalue weighted by atomic mass is 35.5. The van der Waals surface area contributed by atoms with Gasteiger partial charge in [-0.15, -0.1) is 0 Å². The van der Waals surface area contributed by atoms with Crippen LogP contribution in [0.1, 0.15) is 50.4 Å². The van der Waals surface area contributed by atoms with Crippen LogP contribution in [-0.4, -0.2) is 9.97 Å². The van der Waals surface area contributed by atoms with E-state index in [2.05, 4.69) is 49.8 Å².